The van der Waals surface area contributed by atoms with E-state index < -0.39 is 10.0 Å². The van der Waals surface area contributed by atoms with Gasteiger partial charge in [0.1, 0.15) is 0 Å². The van der Waals surface area contributed by atoms with Gasteiger partial charge in [0.05, 0.1) is 5.75 Å². The second-order valence-corrected chi connectivity index (χ2v) is 8.41. The van der Waals surface area contributed by atoms with Crippen molar-refractivity contribution in [3.05, 3.63) is 0 Å². The second-order valence-electron chi connectivity index (χ2n) is 6.37. The first kappa shape index (κ1) is 12.4. The zero-order valence-electron chi connectivity index (χ0n) is 10.7. The molecule has 1 N–H and O–H groups in total. The van der Waals surface area contributed by atoms with Crippen molar-refractivity contribution in [1.82, 2.24) is 4.72 Å². The molecule has 2 bridgehead atoms. The highest BCUT2D eigenvalue weighted by molar-refractivity contribution is 7.89. The molecule has 0 spiro atoms. The van der Waals surface area contributed by atoms with Crippen LogP contribution in [0.3, 0.4) is 0 Å². The Kier molecular flexibility index (Phi) is 2.67. The van der Waals surface area contributed by atoms with Gasteiger partial charge in [-0.25, -0.2) is 13.1 Å². The minimum Gasteiger partial charge on any atom is -0.212 e. The number of hydrogen-bond acceptors (Lipinski definition) is 2. The molecular weight excluding hydrogens is 222 g/mol. The fraction of sp³-hybridized carbons (Fsp3) is 1.00. The third-order valence-corrected chi connectivity index (χ3v) is 6.30. The Bertz CT molecular complexity index is 383. The first-order chi connectivity index (χ1) is 7.21. The topological polar surface area (TPSA) is 46.2 Å². The molecule has 2 fully saturated rings. The zero-order chi connectivity index (χ0) is 12.2. The number of hydrogen-bond donors (Lipinski definition) is 1. The molecule has 94 valence electrons. The summed E-state index contributed by atoms with van der Waals surface area (Å²) in [6, 6.07) is 0.115. The molecule has 0 aromatic heterocycles. The summed E-state index contributed by atoms with van der Waals surface area (Å²) < 4.78 is 26.4. The van der Waals surface area contributed by atoms with Crippen LogP contribution < -0.4 is 4.72 Å². The Morgan fingerprint density at radius 3 is 2.38 bits per heavy atom. The number of nitrogens with one attached hydrogen (secondary N) is 1. The van der Waals surface area contributed by atoms with Crippen molar-refractivity contribution < 1.29 is 8.42 Å². The molecule has 0 saturated heterocycles. The van der Waals surface area contributed by atoms with E-state index in [-0.39, 0.29) is 22.6 Å². The molecule has 0 aliphatic heterocycles. The van der Waals surface area contributed by atoms with Gasteiger partial charge in [-0.15, -0.1) is 0 Å². The van der Waals surface area contributed by atoms with Crippen molar-refractivity contribution in [2.75, 3.05) is 5.75 Å². The molecule has 0 aromatic rings. The van der Waals surface area contributed by atoms with Gasteiger partial charge in [-0.2, -0.15) is 0 Å². The Morgan fingerprint density at radius 1 is 1.31 bits per heavy atom. The van der Waals surface area contributed by atoms with E-state index in [2.05, 4.69) is 25.5 Å². The van der Waals surface area contributed by atoms with Gasteiger partial charge < -0.3 is 0 Å². The smallest absolute Gasteiger partial charge is 0.211 e. The maximum absolute atomic E-state index is 11.8. The summed E-state index contributed by atoms with van der Waals surface area (Å²) in [5, 5.41) is 0. The van der Waals surface area contributed by atoms with Gasteiger partial charge in [0, 0.05) is 6.04 Å². The summed E-state index contributed by atoms with van der Waals surface area (Å²) in [6.07, 6.45) is 3.60. The molecule has 0 aromatic carbocycles. The van der Waals surface area contributed by atoms with E-state index in [0.29, 0.717) is 5.92 Å². The van der Waals surface area contributed by atoms with Crippen molar-refractivity contribution in [3.8, 4) is 0 Å². The quantitative estimate of drug-likeness (QED) is 0.828. The number of rotatable bonds is 3. The molecule has 3 nitrogen and oxygen atoms in total. The van der Waals surface area contributed by atoms with Crippen LogP contribution >= 0.6 is 0 Å². The van der Waals surface area contributed by atoms with Crippen molar-refractivity contribution in [1.29, 1.82) is 0 Å². The van der Waals surface area contributed by atoms with Crippen molar-refractivity contribution in [2.24, 2.45) is 16.7 Å². The summed E-state index contributed by atoms with van der Waals surface area (Å²) >= 11 is 0. The average molecular weight is 245 g/mol. The lowest BCUT2D eigenvalue weighted by molar-refractivity contribution is 0.127. The third-order valence-electron chi connectivity index (χ3n) is 4.95. The number of sulfonamides is 1. The van der Waals surface area contributed by atoms with E-state index in [0.717, 1.165) is 6.42 Å². The minimum atomic E-state index is -3.08. The van der Waals surface area contributed by atoms with Crippen LogP contribution in [0.4, 0.5) is 0 Å². The minimum absolute atomic E-state index is 0.106. The molecule has 3 atom stereocenters. The van der Waals surface area contributed by atoms with Crippen molar-refractivity contribution in [2.45, 2.75) is 53.0 Å². The van der Waals surface area contributed by atoms with Crippen LogP contribution in [0.25, 0.3) is 0 Å². The second kappa shape index (κ2) is 3.45. The standard InChI is InChI=1S/C12H23NO2S/c1-5-16(14,15)13-10-11(2,3)9-6-7-12(10,4)8-9/h9-10,13H,5-8H2,1-4H3. The highest BCUT2D eigenvalue weighted by atomic mass is 32.2. The van der Waals surface area contributed by atoms with E-state index in [1.165, 1.54) is 12.8 Å². The largest absolute Gasteiger partial charge is 0.212 e. The molecule has 4 heteroatoms. The Labute approximate surface area is 99.1 Å². The van der Waals surface area contributed by atoms with Gasteiger partial charge in [-0.3, -0.25) is 0 Å². The van der Waals surface area contributed by atoms with E-state index in [1.54, 1.807) is 6.92 Å². The van der Waals surface area contributed by atoms with E-state index in [1.807, 2.05) is 0 Å². The first-order valence-corrected chi connectivity index (χ1v) is 7.86. The fourth-order valence-corrected chi connectivity index (χ4v) is 4.97. The van der Waals surface area contributed by atoms with E-state index >= 15 is 0 Å². The molecule has 2 rings (SSSR count). The lowest BCUT2D eigenvalue weighted by Gasteiger charge is -2.42. The average Bonchev–Trinajstić information content (AvgIpc) is 2.64. The Balaban J connectivity index is 2.27. The predicted molar refractivity (Wildman–Crippen MR) is 65.6 cm³/mol. The van der Waals surface area contributed by atoms with Crippen LogP contribution in [0.5, 0.6) is 0 Å². The van der Waals surface area contributed by atoms with Crippen LogP contribution in [0, 0.1) is 16.7 Å². The lowest BCUT2D eigenvalue weighted by atomic mass is 9.69. The van der Waals surface area contributed by atoms with Crippen LogP contribution in [0.1, 0.15) is 47.0 Å². The van der Waals surface area contributed by atoms with Gasteiger partial charge in [0.2, 0.25) is 10.0 Å². The van der Waals surface area contributed by atoms with E-state index in [9.17, 15) is 8.42 Å². The molecule has 2 aliphatic rings. The monoisotopic (exact) mass is 245 g/mol. The van der Waals surface area contributed by atoms with Gasteiger partial charge >= 0.3 is 0 Å². The summed E-state index contributed by atoms with van der Waals surface area (Å²) in [4.78, 5) is 0. The van der Waals surface area contributed by atoms with Crippen LogP contribution in [0.15, 0.2) is 0 Å². The predicted octanol–water partition coefficient (Wildman–Crippen LogP) is 2.14. The van der Waals surface area contributed by atoms with Gasteiger partial charge in [-0.05, 0) is 42.9 Å². The molecule has 2 saturated carbocycles. The van der Waals surface area contributed by atoms with Gasteiger partial charge in [0.15, 0.2) is 0 Å². The van der Waals surface area contributed by atoms with Crippen molar-refractivity contribution in [3.63, 3.8) is 0 Å². The molecule has 0 heterocycles. The zero-order valence-corrected chi connectivity index (χ0v) is 11.5. The fourth-order valence-electron chi connectivity index (χ4n) is 3.86. The normalized spacial score (nSPS) is 41.5. The van der Waals surface area contributed by atoms with Crippen LogP contribution in [-0.2, 0) is 10.0 Å². The maximum Gasteiger partial charge on any atom is 0.211 e. The summed E-state index contributed by atoms with van der Waals surface area (Å²) in [5.41, 5.74) is 0.283. The first-order valence-electron chi connectivity index (χ1n) is 6.21. The molecule has 0 radical (unpaired) electrons. The lowest BCUT2D eigenvalue weighted by Crippen LogP contribution is -2.52. The molecule has 3 unspecified atom stereocenters. The highest BCUT2D eigenvalue weighted by Gasteiger charge is 2.59. The number of fused-ring (bicyclic) bond motifs is 2. The molecule has 2 aliphatic carbocycles. The molecule has 0 amide bonds. The van der Waals surface area contributed by atoms with Crippen LogP contribution in [0.2, 0.25) is 0 Å². The summed E-state index contributed by atoms with van der Waals surface area (Å²) in [5.74, 6) is 0.863. The maximum atomic E-state index is 11.8. The Hall–Kier alpha value is -0.0900. The van der Waals surface area contributed by atoms with E-state index in [4.69, 9.17) is 0 Å². The van der Waals surface area contributed by atoms with Gasteiger partial charge in [-0.1, -0.05) is 20.8 Å². The highest BCUT2D eigenvalue weighted by Crippen LogP contribution is 2.62. The summed E-state index contributed by atoms with van der Waals surface area (Å²) in [6.45, 7) is 8.37. The third kappa shape index (κ3) is 1.70. The SMILES string of the molecule is CCS(=O)(=O)NC1C2(C)CCC(C2)C1(C)C. The van der Waals surface area contributed by atoms with Crippen LogP contribution in [-0.4, -0.2) is 20.2 Å². The summed E-state index contributed by atoms with van der Waals surface area (Å²) in [7, 11) is -3.08. The van der Waals surface area contributed by atoms with Crippen molar-refractivity contribution >= 4 is 10.0 Å². The van der Waals surface area contributed by atoms with Gasteiger partial charge in [0.25, 0.3) is 0 Å². The molecule has 16 heavy (non-hydrogen) atoms. The molecular formula is C12H23NO2S. The Morgan fingerprint density at radius 2 is 1.94 bits per heavy atom.